The van der Waals surface area contributed by atoms with Gasteiger partial charge >= 0.3 is 0 Å². The SMILES string of the molecule is Cc1cc2cc(CCC(=O)NCc3ccc(F)cc3)c(=O)[nH]c2cc1C. The topological polar surface area (TPSA) is 62.0 Å². The van der Waals surface area contributed by atoms with Gasteiger partial charge in [-0.25, -0.2) is 4.39 Å². The molecule has 2 N–H and O–H groups in total. The lowest BCUT2D eigenvalue weighted by molar-refractivity contribution is -0.121. The lowest BCUT2D eigenvalue weighted by Crippen LogP contribution is -2.24. The zero-order valence-corrected chi connectivity index (χ0v) is 14.9. The van der Waals surface area contributed by atoms with Gasteiger partial charge in [0.15, 0.2) is 0 Å². The Hall–Kier alpha value is -2.95. The van der Waals surface area contributed by atoms with E-state index in [-0.39, 0.29) is 23.7 Å². The minimum Gasteiger partial charge on any atom is -0.352 e. The molecule has 1 amide bonds. The van der Waals surface area contributed by atoms with E-state index in [0.717, 1.165) is 27.6 Å². The first-order valence-corrected chi connectivity index (χ1v) is 8.56. The molecule has 0 saturated heterocycles. The Labute approximate surface area is 151 Å². The van der Waals surface area contributed by atoms with Crippen molar-refractivity contribution in [2.75, 3.05) is 0 Å². The van der Waals surface area contributed by atoms with Crippen molar-refractivity contribution < 1.29 is 9.18 Å². The van der Waals surface area contributed by atoms with E-state index in [1.807, 2.05) is 32.0 Å². The van der Waals surface area contributed by atoms with E-state index in [2.05, 4.69) is 10.3 Å². The molecule has 26 heavy (non-hydrogen) atoms. The summed E-state index contributed by atoms with van der Waals surface area (Å²) < 4.78 is 12.9. The minimum atomic E-state index is -0.305. The van der Waals surface area contributed by atoms with E-state index >= 15 is 0 Å². The predicted octanol–water partition coefficient (Wildman–Crippen LogP) is 3.53. The second kappa shape index (κ2) is 7.52. The van der Waals surface area contributed by atoms with Gasteiger partial charge in [0.2, 0.25) is 5.91 Å². The van der Waals surface area contributed by atoms with Crippen LogP contribution in [0.15, 0.2) is 47.3 Å². The van der Waals surface area contributed by atoms with Gasteiger partial charge in [-0.1, -0.05) is 12.1 Å². The third-order valence-electron chi connectivity index (χ3n) is 4.56. The third kappa shape index (κ3) is 4.17. The molecule has 0 fully saturated rings. The van der Waals surface area contributed by atoms with Crippen molar-refractivity contribution in [3.63, 3.8) is 0 Å². The second-order valence-electron chi connectivity index (χ2n) is 6.55. The third-order valence-corrected chi connectivity index (χ3v) is 4.56. The fourth-order valence-electron chi connectivity index (χ4n) is 2.85. The maximum Gasteiger partial charge on any atom is 0.251 e. The molecule has 134 valence electrons. The Morgan fingerprint density at radius 1 is 1.08 bits per heavy atom. The maximum absolute atomic E-state index is 12.9. The number of carbonyl (C=O) groups excluding carboxylic acids is 1. The first-order chi connectivity index (χ1) is 12.4. The molecule has 0 bridgehead atoms. The largest absolute Gasteiger partial charge is 0.352 e. The molecule has 0 radical (unpaired) electrons. The lowest BCUT2D eigenvalue weighted by Gasteiger charge is -2.08. The van der Waals surface area contributed by atoms with E-state index < -0.39 is 0 Å². The molecule has 0 atom stereocenters. The molecule has 3 rings (SSSR count). The lowest BCUT2D eigenvalue weighted by atomic mass is 10.0. The van der Waals surface area contributed by atoms with Crippen molar-refractivity contribution in [1.82, 2.24) is 10.3 Å². The Bertz CT molecular complexity index is 1010. The van der Waals surface area contributed by atoms with Gasteiger partial charge < -0.3 is 10.3 Å². The monoisotopic (exact) mass is 352 g/mol. The van der Waals surface area contributed by atoms with Crippen LogP contribution >= 0.6 is 0 Å². The number of pyridine rings is 1. The molecule has 0 aliphatic heterocycles. The zero-order valence-electron chi connectivity index (χ0n) is 14.9. The van der Waals surface area contributed by atoms with Crippen LogP contribution < -0.4 is 10.9 Å². The van der Waals surface area contributed by atoms with Crippen LogP contribution in [0.1, 0.15) is 28.7 Å². The molecule has 0 unspecified atom stereocenters. The van der Waals surface area contributed by atoms with E-state index in [1.54, 1.807) is 12.1 Å². The van der Waals surface area contributed by atoms with Crippen LogP contribution in [0.5, 0.6) is 0 Å². The van der Waals surface area contributed by atoms with E-state index in [0.29, 0.717) is 18.5 Å². The average Bonchev–Trinajstić information content (AvgIpc) is 2.61. The average molecular weight is 352 g/mol. The summed E-state index contributed by atoms with van der Waals surface area (Å²) >= 11 is 0. The van der Waals surface area contributed by atoms with Gasteiger partial charge in [0.1, 0.15) is 5.82 Å². The number of benzene rings is 2. The summed E-state index contributed by atoms with van der Waals surface area (Å²) in [5.41, 5.74) is 4.36. The number of aromatic nitrogens is 1. The summed E-state index contributed by atoms with van der Waals surface area (Å²) in [5.74, 6) is -0.449. The Kier molecular flexibility index (Phi) is 5.16. The Morgan fingerprint density at radius 3 is 2.50 bits per heavy atom. The highest BCUT2D eigenvalue weighted by Crippen LogP contribution is 2.17. The summed E-state index contributed by atoms with van der Waals surface area (Å²) in [6.45, 7) is 4.38. The van der Waals surface area contributed by atoms with Crippen molar-refractivity contribution >= 4 is 16.8 Å². The van der Waals surface area contributed by atoms with Crippen LogP contribution in [0.3, 0.4) is 0 Å². The van der Waals surface area contributed by atoms with Gasteiger partial charge in [-0.15, -0.1) is 0 Å². The Balaban J connectivity index is 1.64. The molecule has 5 heteroatoms. The van der Waals surface area contributed by atoms with Crippen molar-refractivity contribution in [3.05, 3.63) is 80.9 Å². The van der Waals surface area contributed by atoms with Crippen LogP contribution in [0.2, 0.25) is 0 Å². The molecule has 0 aliphatic carbocycles. The summed E-state index contributed by atoms with van der Waals surface area (Å²) in [6, 6.07) is 11.8. The molecular weight excluding hydrogens is 331 g/mol. The maximum atomic E-state index is 12.9. The number of halogens is 1. The first kappa shape index (κ1) is 17.9. The van der Waals surface area contributed by atoms with Gasteiger partial charge in [0, 0.05) is 24.0 Å². The van der Waals surface area contributed by atoms with Crippen LogP contribution in [-0.4, -0.2) is 10.9 Å². The smallest absolute Gasteiger partial charge is 0.251 e. The van der Waals surface area contributed by atoms with Gasteiger partial charge in [0.25, 0.3) is 5.56 Å². The summed E-state index contributed by atoms with van der Waals surface area (Å²) in [4.78, 5) is 27.2. The van der Waals surface area contributed by atoms with Gasteiger partial charge in [-0.3, -0.25) is 9.59 Å². The molecule has 0 aliphatic rings. The van der Waals surface area contributed by atoms with Crippen molar-refractivity contribution in [2.45, 2.75) is 33.2 Å². The molecule has 0 spiro atoms. The molecule has 0 saturated carbocycles. The minimum absolute atomic E-state index is 0.145. The highest BCUT2D eigenvalue weighted by Gasteiger charge is 2.08. The Morgan fingerprint density at radius 2 is 1.77 bits per heavy atom. The van der Waals surface area contributed by atoms with Crippen molar-refractivity contribution in [3.8, 4) is 0 Å². The van der Waals surface area contributed by atoms with E-state index in [1.165, 1.54) is 12.1 Å². The molecule has 1 aromatic heterocycles. The predicted molar refractivity (Wildman–Crippen MR) is 101 cm³/mol. The number of aryl methyl sites for hydroxylation is 3. The number of H-pyrrole nitrogens is 1. The van der Waals surface area contributed by atoms with Gasteiger partial charge in [-0.2, -0.15) is 0 Å². The highest BCUT2D eigenvalue weighted by molar-refractivity contribution is 5.81. The van der Waals surface area contributed by atoms with Crippen molar-refractivity contribution in [1.29, 1.82) is 0 Å². The first-order valence-electron chi connectivity index (χ1n) is 8.56. The van der Waals surface area contributed by atoms with Crippen LogP contribution in [0, 0.1) is 19.7 Å². The number of fused-ring (bicyclic) bond motifs is 1. The number of hydrogen-bond donors (Lipinski definition) is 2. The standard InChI is InChI=1S/C21H21FN2O2/c1-13-9-17-11-16(21(26)24-19(17)10-14(13)2)5-8-20(25)23-12-15-3-6-18(22)7-4-15/h3-4,6-7,9-11H,5,8,12H2,1-2H3,(H,23,25)(H,24,26). The summed E-state index contributed by atoms with van der Waals surface area (Å²) in [6.07, 6.45) is 0.591. The molecule has 1 heterocycles. The van der Waals surface area contributed by atoms with Crippen LogP contribution in [0.25, 0.3) is 10.9 Å². The number of amides is 1. The second-order valence-corrected chi connectivity index (χ2v) is 6.55. The van der Waals surface area contributed by atoms with Gasteiger partial charge in [0.05, 0.1) is 0 Å². The van der Waals surface area contributed by atoms with Crippen molar-refractivity contribution in [2.24, 2.45) is 0 Å². The number of aromatic amines is 1. The number of nitrogens with one attached hydrogen (secondary N) is 2. The molecule has 3 aromatic rings. The quantitative estimate of drug-likeness (QED) is 0.738. The summed E-state index contributed by atoms with van der Waals surface area (Å²) in [5, 5.41) is 3.76. The fraction of sp³-hybridized carbons (Fsp3) is 0.238. The molecular formula is C21H21FN2O2. The zero-order chi connectivity index (χ0) is 18.7. The summed E-state index contributed by atoms with van der Waals surface area (Å²) in [7, 11) is 0. The van der Waals surface area contributed by atoms with E-state index in [4.69, 9.17) is 0 Å². The fourth-order valence-corrected chi connectivity index (χ4v) is 2.85. The highest BCUT2D eigenvalue weighted by atomic mass is 19.1. The molecule has 2 aromatic carbocycles. The number of hydrogen-bond acceptors (Lipinski definition) is 2. The van der Waals surface area contributed by atoms with E-state index in [9.17, 15) is 14.0 Å². The number of carbonyl (C=O) groups is 1. The van der Waals surface area contributed by atoms with Crippen LogP contribution in [0.4, 0.5) is 4.39 Å². The van der Waals surface area contributed by atoms with Gasteiger partial charge in [-0.05, 0) is 72.7 Å². The normalized spacial score (nSPS) is 10.9. The number of rotatable bonds is 5. The van der Waals surface area contributed by atoms with Crippen LogP contribution in [-0.2, 0) is 17.8 Å². The molecule has 4 nitrogen and oxygen atoms in total.